The van der Waals surface area contributed by atoms with Crippen LogP contribution in [-0.2, 0) is 11.0 Å². The average molecular weight is 406 g/mol. The fourth-order valence-corrected chi connectivity index (χ4v) is 5.31. The van der Waals surface area contributed by atoms with Gasteiger partial charge in [-0.15, -0.1) is 0 Å². The molecule has 148 valence electrons. The number of aryl methyl sites for hydroxylation is 2. The maximum Gasteiger partial charge on any atom is 0.298 e. The molecule has 29 heavy (non-hydrogen) atoms. The summed E-state index contributed by atoms with van der Waals surface area (Å²) in [7, 11) is -4.34. The van der Waals surface area contributed by atoms with E-state index in [-0.39, 0.29) is 16.7 Å². The number of hydrogen-bond acceptors (Lipinski definition) is 3. The molecule has 0 radical (unpaired) electrons. The molecule has 3 rings (SSSR count). The van der Waals surface area contributed by atoms with Gasteiger partial charge in [-0.3, -0.25) is 14.2 Å². The van der Waals surface area contributed by atoms with Gasteiger partial charge < -0.3 is 4.89 Å². The Kier molecular flexibility index (Phi) is 5.97. The highest BCUT2D eigenvalue weighted by Crippen LogP contribution is 2.46. The maximum absolute atomic E-state index is 13.3. The van der Waals surface area contributed by atoms with Crippen molar-refractivity contribution in [2.75, 3.05) is 0 Å². The zero-order chi connectivity index (χ0) is 21.2. The molecule has 0 aliphatic heterocycles. The zero-order valence-electron chi connectivity index (χ0n) is 16.7. The predicted molar refractivity (Wildman–Crippen MR) is 115 cm³/mol. The summed E-state index contributed by atoms with van der Waals surface area (Å²) in [6.07, 6.45) is 0.540. The third kappa shape index (κ3) is 3.87. The van der Waals surface area contributed by atoms with Crippen LogP contribution in [0.2, 0.25) is 0 Å². The molecule has 0 aliphatic rings. The minimum absolute atomic E-state index is 0.142. The fraction of sp³-hybridized carbons (Fsp3) is 0.167. The molecule has 0 spiro atoms. The van der Waals surface area contributed by atoms with Gasteiger partial charge in [0.25, 0.3) is 12.9 Å². The number of carbonyl (C=O) groups excluding carboxylic acids is 2. The van der Waals surface area contributed by atoms with Crippen LogP contribution in [-0.4, -0.2) is 16.2 Å². The SMILES string of the molecule is CCc1ccccc1P(=O)(O)C(=O)c1c(C)ccc(C(=O)c2ccccc2)c1C. The minimum Gasteiger partial charge on any atom is -0.336 e. The van der Waals surface area contributed by atoms with Crippen molar-refractivity contribution < 1.29 is 19.0 Å². The third-order valence-corrected chi connectivity index (χ3v) is 7.01. The lowest BCUT2D eigenvalue weighted by Gasteiger charge is -2.18. The summed E-state index contributed by atoms with van der Waals surface area (Å²) < 4.78 is 13.3. The van der Waals surface area contributed by atoms with E-state index in [1.165, 1.54) is 6.07 Å². The van der Waals surface area contributed by atoms with Crippen LogP contribution < -0.4 is 5.30 Å². The Hall–Kier alpha value is -2.81. The Bertz CT molecular complexity index is 1130. The Balaban J connectivity index is 2.12. The van der Waals surface area contributed by atoms with Crippen LogP contribution in [0.25, 0.3) is 0 Å². The second kappa shape index (κ2) is 8.28. The van der Waals surface area contributed by atoms with E-state index >= 15 is 0 Å². The molecule has 1 atom stereocenters. The third-order valence-electron chi connectivity index (χ3n) is 5.14. The summed E-state index contributed by atoms with van der Waals surface area (Å²) in [4.78, 5) is 37.0. The van der Waals surface area contributed by atoms with Crippen LogP contribution in [0, 0.1) is 13.8 Å². The molecule has 1 N–H and O–H groups in total. The van der Waals surface area contributed by atoms with Gasteiger partial charge in [-0.05, 0) is 43.0 Å². The molecule has 0 aliphatic carbocycles. The summed E-state index contributed by atoms with van der Waals surface area (Å²) in [6.45, 7) is 5.24. The van der Waals surface area contributed by atoms with Crippen LogP contribution >= 0.6 is 7.37 Å². The van der Waals surface area contributed by atoms with Gasteiger partial charge in [-0.25, -0.2) is 0 Å². The molecule has 3 aromatic rings. The van der Waals surface area contributed by atoms with Crippen molar-refractivity contribution in [3.63, 3.8) is 0 Å². The van der Waals surface area contributed by atoms with Crippen molar-refractivity contribution >= 4 is 24.0 Å². The lowest BCUT2D eigenvalue weighted by molar-refractivity contribution is 0.103. The van der Waals surface area contributed by atoms with Crippen molar-refractivity contribution in [1.82, 2.24) is 0 Å². The standard InChI is InChI=1S/C24H23O4P/c1-4-18-10-8-9-13-21(18)29(27,28)24(26)22-16(2)14-15-20(17(22)3)23(25)19-11-6-5-7-12-19/h5-15H,4H2,1-3H3,(H,27,28). The fourth-order valence-electron chi connectivity index (χ4n) is 3.53. The quantitative estimate of drug-likeness (QED) is 0.470. The van der Waals surface area contributed by atoms with Crippen molar-refractivity contribution in [3.05, 3.63) is 100 Å². The van der Waals surface area contributed by atoms with Gasteiger partial charge in [-0.2, -0.15) is 0 Å². The van der Waals surface area contributed by atoms with Crippen molar-refractivity contribution in [2.45, 2.75) is 27.2 Å². The molecular weight excluding hydrogens is 383 g/mol. The Morgan fingerprint density at radius 3 is 2.17 bits per heavy atom. The van der Waals surface area contributed by atoms with Gasteiger partial charge in [0.15, 0.2) is 5.78 Å². The van der Waals surface area contributed by atoms with Gasteiger partial charge in [0, 0.05) is 22.0 Å². The van der Waals surface area contributed by atoms with E-state index < -0.39 is 12.9 Å². The molecule has 4 nitrogen and oxygen atoms in total. The predicted octanol–water partition coefficient (Wildman–Crippen LogP) is 4.83. The van der Waals surface area contributed by atoms with Gasteiger partial charge in [0.2, 0.25) is 0 Å². The monoisotopic (exact) mass is 406 g/mol. The van der Waals surface area contributed by atoms with E-state index in [9.17, 15) is 19.0 Å². The van der Waals surface area contributed by atoms with E-state index in [1.807, 2.05) is 13.0 Å². The summed E-state index contributed by atoms with van der Waals surface area (Å²) in [6, 6.07) is 18.8. The first-order valence-electron chi connectivity index (χ1n) is 9.45. The molecule has 0 fully saturated rings. The average Bonchev–Trinajstić information content (AvgIpc) is 2.73. The molecule has 0 bridgehead atoms. The molecule has 0 aromatic heterocycles. The molecule has 0 saturated heterocycles. The van der Waals surface area contributed by atoms with E-state index in [2.05, 4.69) is 0 Å². The molecule has 3 aromatic carbocycles. The number of carbonyl (C=O) groups is 2. The van der Waals surface area contributed by atoms with Crippen molar-refractivity contribution in [2.24, 2.45) is 0 Å². The second-order valence-electron chi connectivity index (χ2n) is 6.99. The first kappa shape index (κ1) is 20.9. The smallest absolute Gasteiger partial charge is 0.298 e. The summed E-state index contributed by atoms with van der Waals surface area (Å²) in [5.41, 5.74) is 1.82. The normalized spacial score (nSPS) is 13.0. The number of ketones is 1. The molecule has 1 unspecified atom stereocenters. The zero-order valence-corrected chi connectivity index (χ0v) is 17.6. The van der Waals surface area contributed by atoms with Gasteiger partial charge in [0.05, 0.1) is 0 Å². The van der Waals surface area contributed by atoms with Crippen LogP contribution in [0.5, 0.6) is 0 Å². The Morgan fingerprint density at radius 1 is 0.897 bits per heavy atom. The molecule has 0 saturated carbocycles. The summed E-state index contributed by atoms with van der Waals surface area (Å²) >= 11 is 0. The number of hydrogen-bond donors (Lipinski definition) is 1. The minimum atomic E-state index is -4.34. The molecule has 5 heteroatoms. The highest BCUT2D eigenvalue weighted by Gasteiger charge is 2.36. The van der Waals surface area contributed by atoms with Crippen LogP contribution in [0.1, 0.15) is 49.9 Å². The Morgan fingerprint density at radius 2 is 1.52 bits per heavy atom. The van der Waals surface area contributed by atoms with Gasteiger partial charge in [0.1, 0.15) is 0 Å². The van der Waals surface area contributed by atoms with E-state index in [0.717, 1.165) is 0 Å². The molecule has 0 amide bonds. The first-order valence-corrected chi connectivity index (χ1v) is 11.1. The molecular formula is C24H23O4P. The van der Waals surface area contributed by atoms with Gasteiger partial charge in [-0.1, -0.05) is 67.6 Å². The topological polar surface area (TPSA) is 71.4 Å². The molecule has 0 heterocycles. The first-order chi connectivity index (χ1) is 13.8. The lowest BCUT2D eigenvalue weighted by Crippen LogP contribution is -2.19. The summed E-state index contributed by atoms with van der Waals surface area (Å²) in [5.74, 6) is -0.223. The number of benzene rings is 3. The highest BCUT2D eigenvalue weighted by molar-refractivity contribution is 7.82. The maximum atomic E-state index is 13.3. The van der Waals surface area contributed by atoms with Crippen molar-refractivity contribution in [3.8, 4) is 0 Å². The van der Waals surface area contributed by atoms with E-state index in [0.29, 0.717) is 34.2 Å². The van der Waals surface area contributed by atoms with E-state index in [4.69, 9.17) is 0 Å². The lowest BCUT2D eigenvalue weighted by atomic mass is 9.93. The number of rotatable bonds is 6. The van der Waals surface area contributed by atoms with Crippen LogP contribution in [0.4, 0.5) is 0 Å². The van der Waals surface area contributed by atoms with Crippen molar-refractivity contribution in [1.29, 1.82) is 0 Å². The van der Waals surface area contributed by atoms with Crippen LogP contribution in [0.3, 0.4) is 0 Å². The van der Waals surface area contributed by atoms with E-state index in [1.54, 1.807) is 68.4 Å². The second-order valence-corrected chi connectivity index (χ2v) is 9.03. The van der Waals surface area contributed by atoms with Crippen LogP contribution in [0.15, 0.2) is 66.7 Å². The summed E-state index contributed by atoms with van der Waals surface area (Å²) in [5, 5.41) is 0.158. The van der Waals surface area contributed by atoms with Gasteiger partial charge >= 0.3 is 0 Å². The largest absolute Gasteiger partial charge is 0.336 e. The highest BCUT2D eigenvalue weighted by atomic mass is 31.2. The Labute approximate surface area is 170 Å².